The zero-order valence-electron chi connectivity index (χ0n) is 8.45. The molecule has 0 aliphatic rings. The maximum Gasteiger partial charge on any atom is 0.321 e. The summed E-state index contributed by atoms with van der Waals surface area (Å²) in [6, 6.07) is 6.36. The molecule has 1 aromatic carbocycles. The van der Waals surface area contributed by atoms with Gasteiger partial charge in [0.2, 0.25) is 0 Å². The molecule has 0 aliphatic carbocycles. The van der Waals surface area contributed by atoms with Crippen LogP contribution in [0.4, 0.5) is 0 Å². The van der Waals surface area contributed by atoms with Gasteiger partial charge in [0.05, 0.1) is 8.04 Å². The highest BCUT2D eigenvalue weighted by Gasteiger charge is 2.04. The van der Waals surface area contributed by atoms with E-state index < -0.39 is 0 Å². The molecule has 0 spiro atoms. The smallest absolute Gasteiger partial charge is 0.321 e. The van der Waals surface area contributed by atoms with Gasteiger partial charge < -0.3 is 4.74 Å². The van der Waals surface area contributed by atoms with Crippen molar-refractivity contribution in [1.82, 2.24) is 9.97 Å². The first-order valence-corrected chi connectivity index (χ1v) is 6.44. The summed E-state index contributed by atoms with van der Waals surface area (Å²) in [6.45, 7) is 2.02. The Morgan fingerprint density at radius 2 is 1.94 bits per heavy atom. The van der Waals surface area contributed by atoms with Gasteiger partial charge >= 0.3 is 6.01 Å². The van der Waals surface area contributed by atoms with Crippen LogP contribution in [0, 0.1) is 10.5 Å². The summed E-state index contributed by atoms with van der Waals surface area (Å²) in [6.07, 6.45) is 3.32. The van der Waals surface area contributed by atoms with E-state index in [-0.39, 0.29) is 0 Å². The minimum Gasteiger partial charge on any atom is -0.423 e. The van der Waals surface area contributed by atoms with Gasteiger partial charge in [-0.1, -0.05) is 6.07 Å². The SMILES string of the molecule is Cc1ccc(I)c(Oc2ncc(Br)cn2)c1. The van der Waals surface area contributed by atoms with Crippen LogP contribution in [0.2, 0.25) is 0 Å². The molecular formula is C11H8BrIN2O. The fraction of sp³-hybridized carbons (Fsp3) is 0.0909. The van der Waals surface area contributed by atoms with Crippen molar-refractivity contribution in [3.05, 3.63) is 44.2 Å². The average molecular weight is 391 g/mol. The second-order valence-corrected chi connectivity index (χ2v) is 5.30. The molecule has 1 aromatic heterocycles. The Balaban J connectivity index is 2.26. The van der Waals surface area contributed by atoms with Crippen LogP contribution in [0.25, 0.3) is 0 Å². The lowest BCUT2D eigenvalue weighted by molar-refractivity contribution is 0.438. The molecule has 16 heavy (non-hydrogen) atoms. The molecule has 1 heterocycles. The standard InChI is InChI=1S/C11H8BrIN2O/c1-7-2-3-9(13)10(4-7)16-11-14-5-8(12)6-15-11/h2-6H,1H3. The normalized spacial score (nSPS) is 10.2. The van der Waals surface area contributed by atoms with E-state index in [1.807, 2.05) is 25.1 Å². The van der Waals surface area contributed by atoms with Crippen LogP contribution in [0.3, 0.4) is 0 Å². The van der Waals surface area contributed by atoms with Crippen molar-refractivity contribution in [2.75, 3.05) is 0 Å². The Morgan fingerprint density at radius 3 is 2.62 bits per heavy atom. The number of nitrogens with zero attached hydrogens (tertiary/aromatic N) is 2. The van der Waals surface area contributed by atoms with Crippen molar-refractivity contribution in [2.24, 2.45) is 0 Å². The third-order valence-corrected chi connectivity index (χ3v) is 3.19. The van der Waals surface area contributed by atoms with Crippen molar-refractivity contribution in [3.8, 4) is 11.8 Å². The molecule has 2 aromatic rings. The average Bonchev–Trinajstić information content (AvgIpc) is 2.27. The summed E-state index contributed by atoms with van der Waals surface area (Å²) in [4.78, 5) is 8.12. The van der Waals surface area contributed by atoms with E-state index >= 15 is 0 Å². The van der Waals surface area contributed by atoms with Crippen molar-refractivity contribution in [3.63, 3.8) is 0 Å². The summed E-state index contributed by atoms with van der Waals surface area (Å²) in [5, 5.41) is 0. The highest BCUT2D eigenvalue weighted by atomic mass is 127. The number of aryl methyl sites for hydroxylation is 1. The Morgan fingerprint density at radius 1 is 1.25 bits per heavy atom. The highest BCUT2D eigenvalue weighted by molar-refractivity contribution is 14.1. The molecule has 3 nitrogen and oxygen atoms in total. The molecule has 0 fully saturated rings. The van der Waals surface area contributed by atoms with Gasteiger partial charge in [-0.2, -0.15) is 0 Å². The van der Waals surface area contributed by atoms with Gasteiger partial charge in [0.25, 0.3) is 0 Å². The van der Waals surface area contributed by atoms with Crippen LogP contribution in [-0.4, -0.2) is 9.97 Å². The van der Waals surface area contributed by atoms with E-state index in [0.29, 0.717) is 6.01 Å². The van der Waals surface area contributed by atoms with E-state index in [0.717, 1.165) is 19.4 Å². The molecule has 0 N–H and O–H groups in total. The van der Waals surface area contributed by atoms with Crippen molar-refractivity contribution >= 4 is 38.5 Å². The monoisotopic (exact) mass is 390 g/mol. The molecule has 0 atom stereocenters. The lowest BCUT2D eigenvalue weighted by Crippen LogP contribution is -1.93. The van der Waals surface area contributed by atoms with Crippen molar-refractivity contribution in [1.29, 1.82) is 0 Å². The molecule has 2 rings (SSSR count). The van der Waals surface area contributed by atoms with Crippen LogP contribution < -0.4 is 4.74 Å². The molecule has 0 unspecified atom stereocenters. The van der Waals surface area contributed by atoms with Crippen molar-refractivity contribution < 1.29 is 4.74 Å². The topological polar surface area (TPSA) is 35.0 Å². The minimum absolute atomic E-state index is 0.353. The summed E-state index contributed by atoms with van der Waals surface area (Å²) in [5.41, 5.74) is 1.15. The first-order valence-electron chi connectivity index (χ1n) is 4.57. The van der Waals surface area contributed by atoms with Crippen molar-refractivity contribution in [2.45, 2.75) is 6.92 Å². The number of hydrogen-bond acceptors (Lipinski definition) is 3. The Kier molecular flexibility index (Phi) is 3.75. The quantitative estimate of drug-likeness (QED) is 0.728. The second-order valence-electron chi connectivity index (χ2n) is 3.22. The third kappa shape index (κ3) is 2.91. The largest absolute Gasteiger partial charge is 0.423 e. The molecule has 0 aliphatic heterocycles. The van der Waals surface area contributed by atoms with E-state index in [1.54, 1.807) is 12.4 Å². The summed E-state index contributed by atoms with van der Waals surface area (Å²) < 4.78 is 7.46. The number of halogens is 2. The maximum absolute atomic E-state index is 5.59. The molecule has 0 saturated heterocycles. The zero-order valence-corrected chi connectivity index (χ0v) is 12.2. The zero-order chi connectivity index (χ0) is 11.5. The van der Waals surface area contributed by atoms with Crippen LogP contribution in [-0.2, 0) is 0 Å². The molecule has 0 radical (unpaired) electrons. The number of hydrogen-bond donors (Lipinski definition) is 0. The predicted molar refractivity (Wildman–Crippen MR) is 73.7 cm³/mol. The van der Waals surface area contributed by atoms with E-state index in [9.17, 15) is 0 Å². The lowest BCUT2D eigenvalue weighted by atomic mass is 10.2. The van der Waals surface area contributed by atoms with E-state index in [4.69, 9.17) is 4.74 Å². The van der Waals surface area contributed by atoms with Crippen LogP contribution in [0.5, 0.6) is 11.8 Å². The maximum atomic E-state index is 5.59. The van der Waals surface area contributed by atoms with E-state index in [1.165, 1.54) is 0 Å². The minimum atomic E-state index is 0.353. The lowest BCUT2D eigenvalue weighted by Gasteiger charge is -2.06. The second kappa shape index (κ2) is 5.09. The Labute approximate surface area is 116 Å². The summed E-state index contributed by atoms with van der Waals surface area (Å²) in [5.74, 6) is 0.780. The third-order valence-electron chi connectivity index (χ3n) is 1.88. The summed E-state index contributed by atoms with van der Waals surface area (Å²) >= 11 is 5.50. The first kappa shape index (κ1) is 11.8. The first-order chi connectivity index (χ1) is 7.65. The molecule has 0 amide bonds. The Bertz CT molecular complexity index is 502. The summed E-state index contributed by atoms with van der Waals surface area (Å²) in [7, 11) is 0. The molecule has 0 saturated carbocycles. The predicted octanol–water partition coefficient (Wildman–Crippen LogP) is 3.94. The number of aromatic nitrogens is 2. The van der Waals surface area contributed by atoms with Crippen LogP contribution in [0.1, 0.15) is 5.56 Å². The highest BCUT2D eigenvalue weighted by Crippen LogP contribution is 2.25. The fourth-order valence-corrected chi connectivity index (χ4v) is 1.79. The molecule has 82 valence electrons. The molecule has 5 heteroatoms. The van der Waals surface area contributed by atoms with Crippen LogP contribution >= 0.6 is 38.5 Å². The van der Waals surface area contributed by atoms with Gasteiger partial charge in [-0.3, -0.25) is 0 Å². The number of benzene rings is 1. The Hall–Kier alpha value is -0.690. The van der Waals surface area contributed by atoms with Gasteiger partial charge in [0, 0.05) is 12.4 Å². The van der Waals surface area contributed by atoms with E-state index in [2.05, 4.69) is 48.5 Å². The number of rotatable bonds is 2. The van der Waals surface area contributed by atoms with Gasteiger partial charge in [-0.15, -0.1) is 0 Å². The van der Waals surface area contributed by atoms with Gasteiger partial charge in [-0.25, -0.2) is 9.97 Å². The molecule has 0 bridgehead atoms. The van der Waals surface area contributed by atoms with Gasteiger partial charge in [-0.05, 0) is 63.1 Å². The fourth-order valence-electron chi connectivity index (χ4n) is 1.14. The number of ether oxygens (including phenoxy) is 1. The van der Waals surface area contributed by atoms with Gasteiger partial charge in [0.1, 0.15) is 5.75 Å². The van der Waals surface area contributed by atoms with Crippen LogP contribution in [0.15, 0.2) is 35.1 Å². The molecular weight excluding hydrogens is 383 g/mol. The van der Waals surface area contributed by atoms with Gasteiger partial charge in [0.15, 0.2) is 0 Å².